The predicted octanol–water partition coefficient (Wildman–Crippen LogP) is 4.85. The SMILES string of the molecule is CCNCc1cc(CC)nc(Oc2ccc(Cl)c(Cl)c2)c1. The van der Waals surface area contributed by atoms with Crippen LogP contribution in [0.5, 0.6) is 11.6 Å². The molecule has 0 unspecified atom stereocenters. The molecule has 0 radical (unpaired) electrons. The van der Waals surface area contributed by atoms with Crippen LogP contribution in [0.3, 0.4) is 0 Å². The first kappa shape index (κ1) is 16.1. The summed E-state index contributed by atoms with van der Waals surface area (Å²) in [5.74, 6) is 1.19. The Morgan fingerprint density at radius 2 is 1.90 bits per heavy atom. The van der Waals surface area contributed by atoms with E-state index in [1.807, 2.05) is 6.07 Å². The molecular weight excluding hydrogens is 307 g/mol. The van der Waals surface area contributed by atoms with Gasteiger partial charge in [0.1, 0.15) is 5.75 Å². The highest BCUT2D eigenvalue weighted by molar-refractivity contribution is 6.42. The van der Waals surface area contributed by atoms with Crippen molar-refractivity contribution in [3.63, 3.8) is 0 Å². The van der Waals surface area contributed by atoms with Gasteiger partial charge in [-0.05, 0) is 36.7 Å². The molecule has 0 aliphatic heterocycles. The largest absolute Gasteiger partial charge is 0.439 e. The van der Waals surface area contributed by atoms with Crippen LogP contribution in [-0.4, -0.2) is 11.5 Å². The van der Waals surface area contributed by atoms with Crippen molar-refractivity contribution in [1.29, 1.82) is 0 Å². The number of hydrogen-bond acceptors (Lipinski definition) is 3. The Bertz CT molecular complexity index is 617. The van der Waals surface area contributed by atoms with Crippen LogP contribution in [0.25, 0.3) is 0 Å². The molecule has 1 aromatic carbocycles. The van der Waals surface area contributed by atoms with E-state index in [0.29, 0.717) is 21.7 Å². The second-order valence-corrected chi connectivity index (χ2v) is 5.43. The topological polar surface area (TPSA) is 34.2 Å². The molecule has 1 heterocycles. The van der Waals surface area contributed by atoms with Gasteiger partial charge in [0, 0.05) is 24.4 Å². The Hall–Kier alpha value is -1.29. The van der Waals surface area contributed by atoms with Crippen LogP contribution < -0.4 is 10.1 Å². The summed E-state index contributed by atoms with van der Waals surface area (Å²) in [5.41, 5.74) is 2.15. The van der Waals surface area contributed by atoms with Gasteiger partial charge >= 0.3 is 0 Å². The van der Waals surface area contributed by atoms with Gasteiger partial charge in [-0.2, -0.15) is 0 Å². The van der Waals surface area contributed by atoms with E-state index in [2.05, 4.69) is 30.2 Å². The van der Waals surface area contributed by atoms with Gasteiger partial charge in [-0.15, -0.1) is 0 Å². The van der Waals surface area contributed by atoms with Crippen molar-refractivity contribution in [3.8, 4) is 11.6 Å². The number of aryl methyl sites for hydroxylation is 1. The molecule has 0 saturated heterocycles. The summed E-state index contributed by atoms with van der Waals surface area (Å²) in [7, 11) is 0. The lowest BCUT2D eigenvalue weighted by atomic mass is 10.2. The molecular formula is C16H18Cl2N2O. The van der Waals surface area contributed by atoms with E-state index in [4.69, 9.17) is 27.9 Å². The molecule has 5 heteroatoms. The fraction of sp³-hybridized carbons (Fsp3) is 0.312. The first-order chi connectivity index (χ1) is 10.1. The third kappa shape index (κ3) is 4.60. The zero-order valence-corrected chi connectivity index (χ0v) is 13.6. The minimum absolute atomic E-state index is 0.466. The standard InChI is InChI=1S/C16H18Cl2N2O/c1-3-12-7-11(10-19-4-2)8-16(20-12)21-13-5-6-14(17)15(18)9-13/h5-9,19H,3-4,10H2,1-2H3. The number of rotatable bonds is 6. The fourth-order valence-electron chi connectivity index (χ4n) is 1.89. The van der Waals surface area contributed by atoms with E-state index in [1.54, 1.807) is 18.2 Å². The Labute approximate surface area is 135 Å². The van der Waals surface area contributed by atoms with Crippen LogP contribution in [0.4, 0.5) is 0 Å². The summed E-state index contributed by atoms with van der Waals surface area (Å²) in [4.78, 5) is 4.48. The fourth-order valence-corrected chi connectivity index (χ4v) is 2.17. The molecule has 2 aromatic rings. The molecule has 0 aliphatic rings. The van der Waals surface area contributed by atoms with Crippen molar-refractivity contribution in [2.24, 2.45) is 0 Å². The number of hydrogen-bond donors (Lipinski definition) is 1. The normalized spacial score (nSPS) is 10.7. The molecule has 1 N–H and O–H groups in total. The van der Waals surface area contributed by atoms with Crippen LogP contribution in [0, 0.1) is 0 Å². The van der Waals surface area contributed by atoms with Crippen LogP contribution in [0.2, 0.25) is 10.0 Å². The number of halogens is 2. The minimum Gasteiger partial charge on any atom is -0.439 e. The Morgan fingerprint density at radius 3 is 2.57 bits per heavy atom. The Morgan fingerprint density at radius 1 is 1.10 bits per heavy atom. The first-order valence-electron chi connectivity index (χ1n) is 6.95. The lowest BCUT2D eigenvalue weighted by Crippen LogP contribution is -2.12. The summed E-state index contributed by atoms with van der Waals surface area (Å²) in [6, 6.07) is 9.20. The number of ether oxygens (including phenoxy) is 1. The zero-order chi connectivity index (χ0) is 15.2. The minimum atomic E-state index is 0.466. The molecule has 0 bridgehead atoms. The number of aromatic nitrogens is 1. The molecule has 0 amide bonds. The van der Waals surface area contributed by atoms with Gasteiger partial charge in [0.25, 0.3) is 0 Å². The quantitative estimate of drug-likeness (QED) is 0.824. The third-order valence-corrected chi connectivity index (χ3v) is 3.71. The van der Waals surface area contributed by atoms with Crippen molar-refractivity contribution in [3.05, 3.63) is 51.6 Å². The summed E-state index contributed by atoms with van der Waals surface area (Å²) in [5, 5.41) is 4.27. The van der Waals surface area contributed by atoms with E-state index in [-0.39, 0.29) is 0 Å². The summed E-state index contributed by atoms with van der Waals surface area (Å²) >= 11 is 11.9. The van der Waals surface area contributed by atoms with Crippen molar-refractivity contribution in [2.45, 2.75) is 26.8 Å². The average molecular weight is 325 g/mol. The van der Waals surface area contributed by atoms with Gasteiger partial charge < -0.3 is 10.1 Å². The first-order valence-corrected chi connectivity index (χ1v) is 7.71. The van der Waals surface area contributed by atoms with Gasteiger partial charge in [0.2, 0.25) is 5.88 Å². The maximum Gasteiger partial charge on any atom is 0.219 e. The lowest BCUT2D eigenvalue weighted by molar-refractivity contribution is 0.459. The molecule has 0 aliphatic carbocycles. The number of benzene rings is 1. The van der Waals surface area contributed by atoms with Crippen LogP contribution in [0.1, 0.15) is 25.1 Å². The van der Waals surface area contributed by atoms with Gasteiger partial charge in [0.15, 0.2) is 0 Å². The lowest BCUT2D eigenvalue weighted by Gasteiger charge is -2.10. The maximum atomic E-state index is 6.00. The maximum absolute atomic E-state index is 6.00. The van der Waals surface area contributed by atoms with E-state index < -0.39 is 0 Å². The monoisotopic (exact) mass is 324 g/mol. The van der Waals surface area contributed by atoms with Crippen molar-refractivity contribution in [1.82, 2.24) is 10.3 Å². The number of pyridine rings is 1. The molecule has 3 nitrogen and oxygen atoms in total. The third-order valence-electron chi connectivity index (χ3n) is 2.97. The van der Waals surface area contributed by atoms with Crippen molar-refractivity contribution in [2.75, 3.05) is 6.54 Å². The van der Waals surface area contributed by atoms with Gasteiger partial charge in [0.05, 0.1) is 10.0 Å². The molecule has 0 spiro atoms. The molecule has 1 aromatic heterocycles. The van der Waals surface area contributed by atoms with E-state index in [0.717, 1.165) is 30.8 Å². The highest BCUT2D eigenvalue weighted by atomic mass is 35.5. The van der Waals surface area contributed by atoms with Gasteiger partial charge in [-0.1, -0.05) is 37.0 Å². The second-order valence-electron chi connectivity index (χ2n) is 4.62. The molecule has 2 rings (SSSR count). The van der Waals surface area contributed by atoms with Crippen molar-refractivity contribution >= 4 is 23.2 Å². The van der Waals surface area contributed by atoms with E-state index >= 15 is 0 Å². The van der Waals surface area contributed by atoms with Crippen LogP contribution in [-0.2, 0) is 13.0 Å². The zero-order valence-electron chi connectivity index (χ0n) is 12.1. The molecule has 0 saturated carbocycles. The summed E-state index contributed by atoms with van der Waals surface area (Å²) in [6.07, 6.45) is 0.859. The molecule has 0 atom stereocenters. The Balaban J connectivity index is 2.23. The number of nitrogens with zero attached hydrogens (tertiary/aromatic N) is 1. The van der Waals surface area contributed by atoms with Crippen LogP contribution >= 0.6 is 23.2 Å². The van der Waals surface area contributed by atoms with E-state index in [1.165, 1.54) is 0 Å². The predicted molar refractivity (Wildman–Crippen MR) is 87.5 cm³/mol. The highest BCUT2D eigenvalue weighted by Crippen LogP contribution is 2.29. The smallest absolute Gasteiger partial charge is 0.219 e. The Kier molecular flexibility index (Phi) is 5.85. The summed E-state index contributed by atoms with van der Waals surface area (Å²) < 4.78 is 5.80. The van der Waals surface area contributed by atoms with Crippen LogP contribution in [0.15, 0.2) is 30.3 Å². The molecule has 21 heavy (non-hydrogen) atoms. The highest BCUT2D eigenvalue weighted by Gasteiger charge is 2.06. The molecule has 112 valence electrons. The van der Waals surface area contributed by atoms with Gasteiger partial charge in [-0.25, -0.2) is 4.98 Å². The number of nitrogens with one attached hydrogen (secondary N) is 1. The average Bonchev–Trinajstić information content (AvgIpc) is 2.48. The second kappa shape index (κ2) is 7.64. The van der Waals surface area contributed by atoms with Crippen molar-refractivity contribution < 1.29 is 4.74 Å². The van der Waals surface area contributed by atoms with E-state index in [9.17, 15) is 0 Å². The van der Waals surface area contributed by atoms with Gasteiger partial charge in [-0.3, -0.25) is 0 Å². The summed E-state index contributed by atoms with van der Waals surface area (Å²) in [6.45, 7) is 5.87. The molecule has 0 fully saturated rings.